The van der Waals surface area contributed by atoms with Gasteiger partial charge in [0, 0.05) is 18.7 Å². The monoisotopic (exact) mass is 353 g/mol. The van der Waals surface area contributed by atoms with Crippen LogP contribution in [0.5, 0.6) is 0 Å². The predicted molar refractivity (Wildman–Crippen MR) is 98.9 cm³/mol. The molecule has 1 aromatic heterocycles. The Morgan fingerprint density at radius 3 is 2.81 bits per heavy atom. The lowest BCUT2D eigenvalue weighted by molar-refractivity contribution is -0.116. The van der Waals surface area contributed by atoms with Crippen LogP contribution in [0.3, 0.4) is 0 Å². The van der Waals surface area contributed by atoms with Gasteiger partial charge in [0.2, 0.25) is 11.8 Å². The van der Waals surface area contributed by atoms with E-state index in [1.165, 1.54) is 24.3 Å². The number of nitrogens with one attached hydrogen (secondary N) is 1. The van der Waals surface area contributed by atoms with E-state index >= 15 is 0 Å². The number of aromatic nitrogens is 1. The first-order chi connectivity index (χ1) is 12.5. The fourth-order valence-corrected chi connectivity index (χ4v) is 2.68. The SMILES string of the molecule is CN(C)C(CNC(=O)/C=C/c1nc2ccccc2o1)c1cccc(F)c1. The van der Waals surface area contributed by atoms with Gasteiger partial charge in [0.25, 0.3) is 0 Å². The number of halogens is 1. The van der Waals surface area contributed by atoms with E-state index in [4.69, 9.17) is 4.42 Å². The number of rotatable bonds is 6. The van der Waals surface area contributed by atoms with Crippen molar-refractivity contribution >= 4 is 23.1 Å². The first-order valence-electron chi connectivity index (χ1n) is 8.26. The molecule has 1 atom stereocenters. The number of carbonyl (C=O) groups excluding carboxylic acids is 1. The molecular formula is C20H20FN3O2. The van der Waals surface area contributed by atoms with E-state index in [1.54, 1.807) is 6.07 Å². The summed E-state index contributed by atoms with van der Waals surface area (Å²) in [7, 11) is 3.77. The topological polar surface area (TPSA) is 58.4 Å². The van der Waals surface area contributed by atoms with E-state index in [0.717, 1.165) is 11.1 Å². The largest absolute Gasteiger partial charge is 0.437 e. The number of hydrogen-bond acceptors (Lipinski definition) is 4. The van der Waals surface area contributed by atoms with Crippen LogP contribution in [0.15, 0.2) is 59.0 Å². The quantitative estimate of drug-likeness (QED) is 0.690. The lowest BCUT2D eigenvalue weighted by Crippen LogP contribution is -2.33. The lowest BCUT2D eigenvalue weighted by Gasteiger charge is -2.24. The smallest absolute Gasteiger partial charge is 0.244 e. The second-order valence-electron chi connectivity index (χ2n) is 6.13. The van der Waals surface area contributed by atoms with Gasteiger partial charge in [0.1, 0.15) is 11.3 Å². The van der Waals surface area contributed by atoms with Crippen molar-refractivity contribution in [2.45, 2.75) is 6.04 Å². The van der Waals surface area contributed by atoms with Crippen molar-refractivity contribution < 1.29 is 13.6 Å². The van der Waals surface area contributed by atoms with Crippen LogP contribution >= 0.6 is 0 Å². The molecule has 134 valence electrons. The molecule has 0 saturated heterocycles. The molecule has 0 aliphatic carbocycles. The summed E-state index contributed by atoms with van der Waals surface area (Å²) in [5.41, 5.74) is 2.22. The minimum absolute atomic E-state index is 0.132. The number of benzene rings is 2. The van der Waals surface area contributed by atoms with E-state index in [-0.39, 0.29) is 17.8 Å². The summed E-state index contributed by atoms with van der Waals surface area (Å²) in [6.07, 6.45) is 2.91. The maximum atomic E-state index is 13.5. The van der Waals surface area contributed by atoms with Crippen molar-refractivity contribution in [2.24, 2.45) is 0 Å². The van der Waals surface area contributed by atoms with Crippen LogP contribution in [0.4, 0.5) is 4.39 Å². The lowest BCUT2D eigenvalue weighted by atomic mass is 10.1. The first kappa shape index (κ1) is 17.8. The summed E-state index contributed by atoms with van der Waals surface area (Å²) in [4.78, 5) is 18.3. The van der Waals surface area contributed by atoms with Gasteiger partial charge in [-0.15, -0.1) is 0 Å². The molecule has 6 heteroatoms. The van der Waals surface area contributed by atoms with Gasteiger partial charge in [-0.25, -0.2) is 9.37 Å². The number of hydrogen-bond donors (Lipinski definition) is 1. The van der Waals surface area contributed by atoms with Crippen molar-refractivity contribution in [3.05, 3.63) is 71.9 Å². The summed E-state index contributed by atoms with van der Waals surface area (Å²) in [6, 6.07) is 13.7. The number of likely N-dealkylation sites (N-methyl/N-ethyl adjacent to an activating group) is 1. The summed E-state index contributed by atoms with van der Waals surface area (Å²) >= 11 is 0. The standard InChI is InChI=1S/C20H20FN3O2/c1-24(2)17(14-6-5-7-15(21)12-14)13-22-19(25)10-11-20-23-16-8-3-4-9-18(16)26-20/h3-12,17H,13H2,1-2H3,(H,22,25)/b11-10+. The summed E-state index contributed by atoms with van der Waals surface area (Å²) in [5, 5.41) is 2.83. The van der Waals surface area contributed by atoms with Gasteiger partial charge in [0.15, 0.2) is 5.58 Å². The van der Waals surface area contributed by atoms with Crippen molar-refractivity contribution in [1.82, 2.24) is 15.2 Å². The molecule has 26 heavy (non-hydrogen) atoms. The highest BCUT2D eigenvalue weighted by Gasteiger charge is 2.15. The Kier molecular flexibility index (Phi) is 5.43. The van der Waals surface area contributed by atoms with Crippen LogP contribution in [-0.4, -0.2) is 36.4 Å². The number of amides is 1. The molecule has 1 amide bonds. The van der Waals surface area contributed by atoms with E-state index in [9.17, 15) is 9.18 Å². The maximum absolute atomic E-state index is 13.5. The predicted octanol–water partition coefficient (Wildman–Crippen LogP) is 3.40. The Balaban J connectivity index is 1.63. The number of oxazole rings is 1. The number of fused-ring (bicyclic) bond motifs is 1. The number of carbonyl (C=O) groups is 1. The third-order valence-electron chi connectivity index (χ3n) is 4.01. The zero-order chi connectivity index (χ0) is 18.5. The Hall–Kier alpha value is -2.99. The van der Waals surface area contributed by atoms with Crippen LogP contribution in [0.1, 0.15) is 17.5 Å². The van der Waals surface area contributed by atoms with Crippen molar-refractivity contribution in [1.29, 1.82) is 0 Å². The molecular weight excluding hydrogens is 333 g/mol. The number of nitrogens with zero attached hydrogens (tertiary/aromatic N) is 2. The average molecular weight is 353 g/mol. The van der Waals surface area contributed by atoms with Crippen LogP contribution in [0, 0.1) is 5.82 Å². The highest BCUT2D eigenvalue weighted by molar-refractivity contribution is 5.91. The highest BCUT2D eigenvalue weighted by atomic mass is 19.1. The summed E-state index contributed by atoms with van der Waals surface area (Å²) < 4.78 is 19.0. The normalized spacial score (nSPS) is 12.8. The summed E-state index contributed by atoms with van der Waals surface area (Å²) in [5.74, 6) is -0.192. The molecule has 0 radical (unpaired) electrons. The van der Waals surface area contributed by atoms with Crippen LogP contribution in [0.25, 0.3) is 17.2 Å². The van der Waals surface area contributed by atoms with Crippen LogP contribution in [-0.2, 0) is 4.79 Å². The van der Waals surface area contributed by atoms with Gasteiger partial charge < -0.3 is 14.6 Å². The van der Waals surface area contributed by atoms with E-state index in [1.807, 2.05) is 49.3 Å². The Labute approximate surface area is 151 Å². The van der Waals surface area contributed by atoms with E-state index in [2.05, 4.69) is 10.3 Å². The van der Waals surface area contributed by atoms with Crippen molar-refractivity contribution in [3.63, 3.8) is 0 Å². The molecule has 1 unspecified atom stereocenters. The molecule has 0 bridgehead atoms. The third kappa shape index (κ3) is 4.34. The first-order valence-corrected chi connectivity index (χ1v) is 8.26. The zero-order valence-corrected chi connectivity index (χ0v) is 14.6. The molecule has 0 spiro atoms. The zero-order valence-electron chi connectivity index (χ0n) is 14.6. The molecule has 5 nitrogen and oxygen atoms in total. The van der Waals surface area contributed by atoms with Crippen molar-refractivity contribution in [2.75, 3.05) is 20.6 Å². The second kappa shape index (κ2) is 7.93. The molecule has 0 aliphatic heterocycles. The summed E-state index contributed by atoms with van der Waals surface area (Å²) in [6.45, 7) is 0.354. The molecule has 3 aromatic rings. The van der Waals surface area contributed by atoms with Gasteiger partial charge in [-0.05, 0) is 43.9 Å². The molecule has 2 aromatic carbocycles. The van der Waals surface area contributed by atoms with E-state index in [0.29, 0.717) is 18.0 Å². The van der Waals surface area contributed by atoms with Crippen LogP contribution in [0.2, 0.25) is 0 Å². The van der Waals surface area contributed by atoms with Crippen molar-refractivity contribution in [3.8, 4) is 0 Å². The molecule has 1 heterocycles. The minimum atomic E-state index is -0.295. The molecule has 0 aliphatic rings. The Bertz CT molecular complexity index is 900. The third-order valence-corrected chi connectivity index (χ3v) is 4.01. The van der Waals surface area contributed by atoms with Gasteiger partial charge >= 0.3 is 0 Å². The maximum Gasteiger partial charge on any atom is 0.244 e. The van der Waals surface area contributed by atoms with Gasteiger partial charge in [0.05, 0.1) is 6.04 Å². The van der Waals surface area contributed by atoms with E-state index < -0.39 is 0 Å². The number of para-hydroxylation sites is 2. The fourth-order valence-electron chi connectivity index (χ4n) is 2.68. The van der Waals surface area contributed by atoms with Gasteiger partial charge in [-0.2, -0.15) is 0 Å². The Morgan fingerprint density at radius 1 is 1.27 bits per heavy atom. The molecule has 0 saturated carbocycles. The Morgan fingerprint density at radius 2 is 2.08 bits per heavy atom. The van der Waals surface area contributed by atoms with Gasteiger partial charge in [-0.3, -0.25) is 4.79 Å². The minimum Gasteiger partial charge on any atom is -0.437 e. The fraction of sp³-hybridized carbons (Fsp3) is 0.200. The highest BCUT2D eigenvalue weighted by Crippen LogP contribution is 2.18. The molecule has 0 fully saturated rings. The average Bonchev–Trinajstić information content (AvgIpc) is 3.03. The molecule has 1 N–H and O–H groups in total. The van der Waals surface area contributed by atoms with Gasteiger partial charge in [-0.1, -0.05) is 24.3 Å². The second-order valence-corrected chi connectivity index (χ2v) is 6.13. The van der Waals surface area contributed by atoms with Crippen LogP contribution < -0.4 is 5.32 Å². The molecule has 3 rings (SSSR count).